The molecule has 1 amide bonds. The topological polar surface area (TPSA) is 82.6 Å². The molecule has 0 aliphatic heterocycles. The lowest BCUT2D eigenvalue weighted by atomic mass is 10.2. The first-order chi connectivity index (χ1) is 12.0. The van der Waals surface area contributed by atoms with E-state index in [0.29, 0.717) is 12.2 Å². The van der Waals surface area contributed by atoms with Crippen LogP contribution >= 0.6 is 0 Å². The van der Waals surface area contributed by atoms with Crippen LogP contribution in [0.5, 0.6) is 0 Å². The lowest BCUT2D eigenvalue weighted by molar-refractivity contribution is -0.111. The van der Waals surface area contributed by atoms with Gasteiger partial charge in [0.25, 0.3) is 0 Å². The molecule has 0 bridgehead atoms. The molecule has 8 nitrogen and oxygen atoms in total. The molecule has 0 aliphatic carbocycles. The molecule has 0 atom stereocenters. The van der Waals surface area contributed by atoms with Crippen LogP contribution in [0.1, 0.15) is 23.7 Å². The molecule has 8 heteroatoms. The Kier molecular flexibility index (Phi) is 4.78. The van der Waals surface area contributed by atoms with Gasteiger partial charge in [-0.2, -0.15) is 15.3 Å². The van der Waals surface area contributed by atoms with Crippen molar-refractivity contribution in [1.29, 1.82) is 0 Å². The molecular weight excluding hydrogens is 318 g/mol. The van der Waals surface area contributed by atoms with Crippen LogP contribution < -0.4 is 5.32 Å². The van der Waals surface area contributed by atoms with Gasteiger partial charge in [0.1, 0.15) is 0 Å². The van der Waals surface area contributed by atoms with E-state index >= 15 is 0 Å². The highest BCUT2D eigenvalue weighted by molar-refractivity contribution is 6.01. The molecule has 3 aromatic rings. The van der Waals surface area contributed by atoms with Crippen LogP contribution in [0.4, 0.5) is 5.69 Å². The molecular formula is C17H21N7O. The number of nitrogens with zero attached hydrogens (tertiary/aromatic N) is 6. The van der Waals surface area contributed by atoms with Gasteiger partial charge in [-0.1, -0.05) is 0 Å². The predicted octanol–water partition coefficient (Wildman–Crippen LogP) is 1.84. The molecule has 25 heavy (non-hydrogen) atoms. The van der Waals surface area contributed by atoms with E-state index in [9.17, 15) is 4.79 Å². The number of carbonyl (C=O) groups excluding carboxylic acids is 1. The van der Waals surface area contributed by atoms with Crippen molar-refractivity contribution in [2.75, 3.05) is 5.32 Å². The number of amides is 1. The van der Waals surface area contributed by atoms with E-state index in [1.54, 1.807) is 34.0 Å². The average Bonchev–Trinajstić information content (AvgIpc) is 3.28. The fourth-order valence-corrected chi connectivity index (χ4v) is 2.53. The summed E-state index contributed by atoms with van der Waals surface area (Å²) in [5.74, 6) is -0.210. The van der Waals surface area contributed by atoms with Gasteiger partial charge in [-0.25, -0.2) is 0 Å². The molecule has 0 radical (unpaired) electrons. The van der Waals surface area contributed by atoms with E-state index in [1.807, 2.05) is 31.0 Å². The quantitative estimate of drug-likeness (QED) is 0.695. The zero-order chi connectivity index (χ0) is 17.8. The molecule has 130 valence electrons. The molecule has 3 rings (SSSR count). The van der Waals surface area contributed by atoms with Gasteiger partial charge in [-0.3, -0.25) is 18.8 Å². The Bertz CT molecular complexity index is 900. The van der Waals surface area contributed by atoms with Crippen molar-refractivity contribution >= 4 is 17.7 Å². The van der Waals surface area contributed by atoms with Crippen LogP contribution in [0.2, 0.25) is 0 Å². The second kappa shape index (κ2) is 7.16. The predicted molar refractivity (Wildman–Crippen MR) is 94.8 cm³/mol. The molecule has 0 aromatic carbocycles. The molecule has 0 saturated carbocycles. The van der Waals surface area contributed by atoms with E-state index in [4.69, 9.17) is 0 Å². The maximum Gasteiger partial charge on any atom is 0.248 e. The Labute approximate surface area is 145 Å². The van der Waals surface area contributed by atoms with Gasteiger partial charge in [0.2, 0.25) is 5.91 Å². The number of anilines is 1. The number of aryl methyl sites for hydroxylation is 2. The van der Waals surface area contributed by atoms with Crippen molar-refractivity contribution < 1.29 is 4.79 Å². The monoisotopic (exact) mass is 339 g/mol. The Morgan fingerprint density at radius 1 is 1.20 bits per heavy atom. The smallest absolute Gasteiger partial charge is 0.248 e. The fraction of sp³-hybridized carbons (Fsp3) is 0.294. The van der Waals surface area contributed by atoms with Crippen LogP contribution in [0, 0.1) is 6.92 Å². The maximum absolute atomic E-state index is 12.0. The van der Waals surface area contributed by atoms with Gasteiger partial charge >= 0.3 is 0 Å². The summed E-state index contributed by atoms with van der Waals surface area (Å²) >= 11 is 0. The summed E-state index contributed by atoms with van der Waals surface area (Å²) in [6.45, 7) is 5.56. The van der Waals surface area contributed by atoms with Gasteiger partial charge in [-0.15, -0.1) is 0 Å². The molecule has 0 saturated heterocycles. The summed E-state index contributed by atoms with van der Waals surface area (Å²) in [4.78, 5) is 12.0. The zero-order valence-corrected chi connectivity index (χ0v) is 14.5. The zero-order valence-electron chi connectivity index (χ0n) is 14.5. The number of hydrogen-bond acceptors (Lipinski definition) is 4. The van der Waals surface area contributed by atoms with Crippen molar-refractivity contribution in [3.63, 3.8) is 0 Å². The minimum atomic E-state index is -0.210. The molecule has 3 heterocycles. The largest absolute Gasteiger partial charge is 0.320 e. The minimum absolute atomic E-state index is 0.210. The third-order valence-corrected chi connectivity index (χ3v) is 3.89. The van der Waals surface area contributed by atoms with E-state index in [1.165, 1.54) is 6.08 Å². The Hall–Kier alpha value is -3.16. The van der Waals surface area contributed by atoms with E-state index < -0.39 is 0 Å². The normalized spacial score (nSPS) is 11.3. The SMILES string of the molecule is CCn1ncc(Cn2cc(NC(=O)/C=C/c3cnn(C)c3)cn2)c1C. The molecule has 0 spiro atoms. The van der Waals surface area contributed by atoms with E-state index in [-0.39, 0.29) is 5.91 Å². The standard InChI is InChI=1S/C17H21N7O/c1-4-24-13(2)15(8-20-24)11-23-12-16(9-19-23)21-17(25)6-5-14-7-18-22(3)10-14/h5-10,12H,4,11H2,1-3H3,(H,21,25)/b6-5+. The molecule has 1 N–H and O–H groups in total. The number of aromatic nitrogens is 6. The maximum atomic E-state index is 12.0. The van der Waals surface area contributed by atoms with Crippen LogP contribution in [0.3, 0.4) is 0 Å². The summed E-state index contributed by atoms with van der Waals surface area (Å²) in [6.07, 6.45) is 12.0. The molecule has 3 aromatic heterocycles. The highest BCUT2D eigenvalue weighted by Gasteiger charge is 2.07. The van der Waals surface area contributed by atoms with Crippen molar-refractivity contribution in [3.8, 4) is 0 Å². The Morgan fingerprint density at radius 2 is 2.04 bits per heavy atom. The summed E-state index contributed by atoms with van der Waals surface area (Å²) in [5, 5.41) is 15.5. The highest BCUT2D eigenvalue weighted by Crippen LogP contribution is 2.11. The number of hydrogen-bond donors (Lipinski definition) is 1. The number of nitrogens with one attached hydrogen (secondary N) is 1. The number of carbonyl (C=O) groups is 1. The van der Waals surface area contributed by atoms with Crippen molar-refractivity contribution in [2.45, 2.75) is 26.9 Å². The van der Waals surface area contributed by atoms with Crippen molar-refractivity contribution in [2.24, 2.45) is 7.05 Å². The summed E-state index contributed by atoms with van der Waals surface area (Å²) in [5.41, 5.74) is 3.76. The van der Waals surface area contributed by atoms with Crippen molar-refractivity contribution in [3.05, 3.63) is 53.9 Å². The lowest BCUT2D eigenvalue weighted by Gasteiger charge is -2.02. The van der Waals surface area contributed by atoms with Crippen LogP contribution in [0.25, 0.3) is 6.08 Å². The third kappa shape index (κ3) is 4.03. The summed E-state index contributed by atoms with van der Waals surface area (Å²) in [6, 6.07) is 0. The lowest BCUT2D eigenvalue weighted by Crippen LogP contribution is -2.07. The van der Waals surface area contributed by atoms with Gasteiger partial charge in [0, 0.05) is 48.9 Å². The third-order valence-electron chi connectivity index (χ3n) is 3.89. The van der Waals surface area contributed by atoms with Crippen molar-refractivity contribution in [1.82, 2.24) is 29.3 Å². The fourth-order valence-electron chi connectivity index (χ4n) is 2.53. The first-order valence-corrected chi connectivity index (χ1v) is 8.06. The van der Waals surface area contributed by atoms with E-state index in [0.717, 1.165) is 23.4 Å². The van der Waals surface area contributed by atoms with Gasteiger partial charge < -0.3 is 5.32 Å². The Balaban J connectivity index is 1.60. The first kappa shape index (κ1) is 16.7. The van der Waals surface area contributed by atoms with Crippen LogP contribution in [-0.4, -0.2) is 35.2 Å². The Morgan fingerprint density at radius 3 is 2.72 bits per heavy atom. The molecule has 0 aliphatic rings. The second-order valence-electron chi connectivity index (χ2n) is 5.77. The van der Waals surface area contributed by atoms with Gasteiger partial charge in [0.05, 0.1) is 30.8 Å². The van der Waals surface area contributed by atoms with Gasteiger partial charge in [0.15, 0.2) is 0 Å². The van der Waals surface area contributed by atoms with Crippen LogP contribution in [-0.2, 0) is 24.9 Å². The summed E-state index contributed by atoms with van der Waals surface area (Å²) < 4.78 is 5.42. The minimum Gasteiger partial charge on any atom is -0.320 e. The second-order valence-corrected chi connectivity index (χ2v) is 5.77. The van der Waals surface area contributed by atoms with Crippen LogP contribution in [0.15, 0.2) is 37.1 Å². The molecule has 0 fully saturated rings. The average molecular weight is 339 g/mol. The van der Waals surface area contributed by atoms with E-state index in [2.05, 4.69) is 27.5 Å². The highest BCUT2D eigenvalue weighted by atomic mass is 16.1. The number of rotatable bonds is 6. The van der Waals surface area contributed by atoms with Gasteiger partial charge in [-0.05, 0) is 19.9 Å². The summed E-state index contributed by atoms with van der Waals surface area (Å²) in [7, 11) is 1.83. The molecule has 0 unspecified atom stereocenters. The first-order valence-electron chi connectivity index (χ1n) is 8.06.